The van der Waals surface area contributed by atoms with Gasteiger partial charge < -0.3 is 24.8 Å². The van der Waals surface area contributed by atoms with Crippen LogP contribution in [0.25, 0.3) is 22.6 Å². The lowest BCUT2D eigenvalue weighted by molar-refractivity contribution is -0.116. The lowest BCUT2D eigenvalue weighted by atomic mass is 10.2. The van der Waals surface area contributed by atoms with Gasteiger partial charge in [0.05, 0.1) is 35.6 Å². The number of benzene rings is 1. The zero-order valence-corrected chi connectivity index (χ0v) is 19.8. The minimum Gasteiger partial charge on any atom is -0.426 e. The van der Waals surface area contributed by atoms with Crippen LogP contribution in [0.1, 0.15) is 17.0 Å². The molecule has 1 aliphatic heterocycles. The number of pyridine rings is 1. The number of rotatable bonds is 7. The van der Waals surface area contributed by atoms with Crippen LogP contribution in [0.15, 0.2) is 47.0 Å². The van der Waals surface area contributed by atoms with Gasteiger partial charge in [0.2, 0.25) is 5.91 Å². The molecule has 0 radical (unpaired) electrons. The molecule has 0 saturated carbocycles. The van der Waals surface area contributed by atoms with E-state index in [4.69, 9.17) is 20.8 Å². The molecule has 3 aromatic heterocycles. The van der Waals surface area contributed by atoms with Gasteiger partial charge in [-0.25, -0.2) is 9.97 Å². The van der Waals surface area contributed by atoms with Crippen LogP contribution in [0.2, 0.25) is 5.02 Å². The van der Waals surface area contributed by atoms with Crippen molar-refractivity contribution >= 4 is 46.0 Å². The summed E-state index contributed by atoms with van der Waals surface area (Å²) in [6.07, 6.45) is 1.91. The van der Waals surface area contributed by atoms with E-state index < -0.39 is 11.9 Å². The smallest absolute Gasteiger partial charge is 0.291 e. The Balaban J connectivity index is 1.28. The van der Waals surface area contributed by atoms with Crippen LogP contribution in [0.5, 0.6) is 0 Å². The zero-order chi connectivity index (χ0) is 25.1. The van der Waals surface area contributed by atoms with E-state index in [1.807, 2.05) is 0 Å². The number of anilines is 2. The van der Waals surface area contributed by atoms with Gasteiger partial charge in [-0.05, 0) is 30.3 Å². The van der Waals surface area contributed by atoms with Crippen molar-refractivity contribution in [3.63, 3.8) is 0 Å². The second-order valence-corrected chi connectivity index (χ2v) is 8.59. The van der Waals surface area contributed by atoms with Crippen LogP contribution in [0, 0.1) is 6.01 Å². The van der Waals surface area contributed by atoms with Crippen molar-refractivity contribution in [3.05, 3.63) is 59.4 Å². The van der Waals surface area contributed by atoms with Crippen LogP contribution in [0.3, 0.4) is 0 Å². The van der Waals surface area contributed by atoms with E-state index in [-0.39, 0.29) is 11.7 Å². The van der Waals surface area contributed by atoms with Crippen molar-refractivity contribution in [3.8, 4) is 11.4 Å². The average Bonchev–Trinajstić information content (AvgIpc) is 3.50. The molecule has 5 rings (SSSR count). The van der Waals surface area contributed by atoms with E-state index in [1.54, 1.807) is 30.5 Å². The first-order valence-electron chi connectivity index (χ1n) is 11.3. The second-order valence-electron chi connectivity index (χ2n) is 8.19. The highest BCUT2D eigenvalue weighted by atomic mass is 35.5. The number of amides is 2. The maximum Gasteiger partial charge on any atom is 0.291 e. The van der Waals surface area contributed by atoms with E-state index in [9.17, 15) is 14.0 Å². The normalized spacial score (nSPS) is 14.2. The highest BCUT2D eigenvalue weighted by Gasteiger charge is 2.16. The molecule has 1 aliphatic rings. The summed E-state index contributed by atoms with van der Waals surface area (Å²) in [5, 5.41) is 5.90. The first-order chi connectivity index (χ1) is 17.4. The molecule has 0 bridgehead atoms. The fraction of sp³-hybridized carbons (Fsp3) is 0.250. The molecule has 1 aromatic carbocycles. The Morgan fingerprint density at radius 1 is 1.11 bits per heavy atom. The molecule has 10 nitrogen and oxygen atoms in total. The highest BCUT2D eigenvalue weighted by Crippen LogP contribution is 2.30. The summed E-state index contributed by atoms with van der Waals surface area (Å²) in [6, 6.07) is 8.04. The quantitative estimate of drug-likeness (QED) is 0.342. The number of H-pyrrole nitrogens is 1. The first kappa shape index (κ1) is 23.9. The van der Waals surface area contributed by atoms with Gasteiger partial charge in [-0.1, -0.05) is 11.6 Å². The number of hydrogen-bond acceptors (Lipinski definition) is 7. The van der Waals surface area contributed by atoms with Gasteiger partial charge in [0.25, 0.3) is 11.9 Å². The molecular formula is C24H22ClFN6O4. The predicted molar refractivity (Wildman–Crippen MR) is 131 cm³/mol. The number of morpholine rings is 1. The van der Waals surface area contributed by atoms with Crippen LogP contribution >= 0.6 is 11.6 Å². The van der Waals surface area contributed by atoms with Gasteiger partial charge in [-0.2, -0.15) is 4.39 Å². The largest absolute Gasteiger partial charge is 0.426 e. The Kier molecular flexibility index (Phi) is 6.94. The Morgan fingerprint density at radius 2 is 1.94 bits per heavy atom. The molecule has 1 fully saturated rings. The van der Waals surface area contributed by atoms with Gasteiger partial charge in [0.15, 0.2) is 11.4 Å². The number of ether oxygens (including phenoxy) is 1. The third-order valence-electron chi connectivity index (χ3n) is 5.66. The Hall–Kier alpha value is -3.80. The number of nitrogens with zero attached hydrogens (tertiary/aromatic N) is 3. The number of halogens is 2. The van der Waals surface area contributed by atoms with E-state index in [2.05, 4.69) is 30.5 Å². The standard InChI is InChI=1S/C24H22ClFN6O4/c25-17-2-1-14(29-24(34)19-3-4-20(26)36-19)11-16(17)22-30-18-12-15(13-27-23(18)31-22)28-21(33)5-6-32-7-9-35-10-8-32/h1-4,11-13H,5-10H2,(H,28,33)(H,29,34)(H,27,30,31). The van der Waals surface area contributed by atoms with E-state index in [0.29, 0.717) is 65.1 Å². The van der Waals surface area contributed by atoms with Crippen molar-refractivity contribution in [1.29, 1.82) is 0 Å². The molecule has 4 heterocycles. The molecule has 0 aliphatic carbocycles. The summed E-state index contributed by atoms with van der Waals surface area (Å²) in [5.74, 6) is -0.437. The molecule has 0 atom stereocenters. The average molecular weight is 513 g/mol. The number of nitrogens with one attached hydrogen (secondary N) is 3. The van der Waals surface area contributed by atoms with Gasteiger partial charge in [-0.3, -0.25) is 14.5 Å². The molecule has 0 unspecified atom stereocenters. The Morgan fingerprint density at radius 3 is 2.72 bits per heavy atom. The van der Waals surface area contributed by atoms with Gasteiger partial charge in [0, 0.05) is 43.4 Å². The number of aromatic nitrogens is 3. The van der Waals surface area contributed by atoms with Crippen LogP contribution in [-0.4, -0.2) is 64.5 Å². The summed E-state index contributed by atoms with van der Waals surface area (Å²) in [4.78, 5) is 38.8. The topological polar surface area (TPSA) is 125 Å². The number of carbonyl (C=O) groups excluding carboxylic acids is 2. The Labute approximate surface area is 209 Å². The summed E-state index contributed by atoms with van der Waals surface area (Å²) in [6.45, 7) is 3.69. The van der Waals surface area contributed by atoms with Crippen molar-refractivity contribution in [2.45, 2.75) is 6.42 Å². The molecule has 186 valence electrons. The minimum atomic E-state index is -0.848. The van der Waals surface area contributed by atoms with Crippen molar-refractivity contribution in [1.82, 2.24) is 19.9 Å². The third-order valence-corrected chi connectivity index (χ3v) is 5.99. The maximum absolute atomic E-state index is 13.1. The molecule has 36 heavy (non-hydrogen) atoms. The minimum absolute atomic E-state index is 0.106. The molecule has 4 aromatic rings. The van der Waals surface area contributed by atoms with Crippen LogP contribution < -0.4 is 10.6 Å². The molecule has 2 amide bonds. The SMILES string of the molecule is O=C(CCN1CCOCC1)Nc1cnc2nc(-c3cc(NC(=O)c4ccc(F)o4)ccc3Cl)[nH]c2c1. The lowest BCUT2D eigenvalue weighted by Crippen LogP contribution is -2.38. The summed E-state index contributed by atoms with van der Waals surface area (Å²) in [5.41, 5.74) is 2.52. The van der Waals surface area contributed by atoms with Crippen LogP contribution in [0.4, 0.5) is 15.8 Å². The van der Waals surface area contributed by atoms with Gasteiger partial charge in [0.1, 0.15) is 5.82 Å². The fourth-order valence-corrected chi connectivity index (χ4v) is 4.02. The maximum atomic E-state index is 13.1. The van der Waals surface area contributed by atoms with Gasteiger partial charge in [-0.15, -0.1) is 0 Å². The summed E-state index contributed by atoms with van der Waals surface area (Å²) >= 11 is 6.38. The number of imidazole rings is 1. The number of hydrogen-bond donors (Lipinski definition) is 3. The third kappa shape index (κ3) is 5.54. The summed E-state index contributed by atoms with van der Waals surface area (Å²) in [7, 11) is 0. The van der Waals surface area contributed by atoms with Crippen molar-refractivity contribution < 1.29 is 23.1 Å². The van der Waals surface area contributed by atoms with Crippen LogP contribution in [-0.2, 0) is 9.53 Å². The molecule has 1 saturated heterocycles. The highest BCUT2D eigenvalue weighted by molar-refractivity contribution is 6.33. The molecule has 0 spiro atoms. The molecule has 12 heteroatoms. The molecular weight excluding hydrogens is 491 g/mol. The second kappa shape index (κ2) is 10.4. The summed E-state index contributed by atoms with van der Waals surface area (Å²) < 4.78 is 23.1. The van der Waals surface area contributed by atoms with Crippen molar-refractivity contribution in [2.24, 2.45) is 0 Å². The number of aromatic amines is 1. The lowest BCUT2D eigenvalue weighted by Gasteiger charge is -2.26. The number of fused-ring (bicyclic) bond motifs is 1. The van der Waals surface area contributed by atoms with Crippen molar-refractivity contribution in [2.75, 3.05) is 43.5 Å². The van der Waals surface area contributed by atoms with E-state index >= 15 is 0 Å². The monoisotopic (exact) mass is 512 g/mol. The fourth-order valence-electron chi connectivity index (χ4n) is 3.82. The number of carbonyl (C=O) groups is 2. The number of furan rings is 1. The molecule has 3 N–H and O–H groups in total. The van der Waals surface area contributed by atoms with E-state index in [0.717, 1.165) is 19.2 Å². The zero-order valence-electron chi connectivity index (χ0n) is 19.0. The van der Waals surface area contributed by atoms with E-state index in [1.165, 1.54) is 6.07 Å². The Bertz CT molecular complexity index is 1410. The first-order valence-corrected chi connectivity index (χ1v) is 11.6. The predicted octanol–water partition coefficient (Wildman–Crippen LogP) is 3.92. The van der Waals surface area contributed by atoms with Gasteiger partial charge >= 0.3 is 0 Å².